The van der Waals surface area contributed by atoms with Crippen LogP contribution in [-0.4, -0.2) is 14.2 Å². The van der Waals surface area contributed by atoms with E-state index in [-0.39, 0.29) is 5.75 Å². The highest BCUT2D eigenvalue weighted by Crippen LogP contribution is 2.44. The molecular weight excluding hydrogens is 422 g/mol. The number of halogens is 1. The number of sulfonamides is 1. The Morgan fingerprint density at radius 2 is 2.19 bits per heavy atom. The predicted octanol–water partition coefficient (Wildman–Crippen LogP) is 5.73. The van der Waals surface area contributed by atoms with E-state index >= 15 is 0 Å². The van der Waals surface area contributed by atoms with Crippen LogP contribution in [-0.2, 0) is 16.4 Å². The van der Waals surface area contributed by atoms with E-state index in [1.807, 2.05) is 24.3 Å². The van der Waals surface area contributed by atoms with Gasteiger partial charge in [0.2, 0.25) is 10.0 Å². The van der Waals surface area contributed by atoms with Gasteiger partial charge in [-0.2, -0.15) is 0 Å². The van der Waals surface area contributed by atoms with Gasteiger partial charge in [0.25, 0.3) is 0 Å². The van der Waals surface area contributed by atoms with Crippen LogP contribution in [0.4, 0.5) is 0 Å². The van der Waals surface area contributed by atoms with E-state index in [1.165, 1.54) is 31.3 Å². The number of allylic oxidation sites excluding steroid dienone is 4. The van der Waals surface area contributed by atoms with Crippen LogP contribution in [0.15, 0.2) is 52.2 Å². The summed E-state index contributed by atoms with van der Waals surface area (Å²) in [5, 5.41) is 0. The Bertz CT molecular complexity index is 813. The van der Waals surface area contributed by atoms with Gasteiger partial charge in [0.15, 0.2) is 0 Å². The average Bonchev–Trinajstić information content (AvgIpc) is 2.64. The Hall–Kier alpha value is -1.07. The molecule has 0 saturated heterocycles. The van der Waals surface area contributed by atoms with E-state index in [1.54, 1.807) is 0 Å². The monoisotopic (exact) mass is 451 g/mol. The molecule has 3 aliphatic carbocycles. The minimum absolute atomic E-state index is 0.127. The van der Waals surface area contributed by atoms with Crippen LogP contribution in [0.1, 0.15) is 57.4 Å². The van der Waals surface area contributed by atoms with Gasteiger partial charge < -0.3 is 0 Å². The number of benzene rings is 1. The Kier molecular flexibility index (Phi) is 7.21. The summed E-state index contributed by atoms with van der Waals surface area (Å²) in [6.07, 6.45) is 13.0. The molecule has 0 aliphatic heterocycles. The highest BCUT2D eigenvalue weighted by molar-refractivity contribution is 9.10. The van der Waals surface area contributed by atoms with Crippen molar-refractivity contribution in [2.24, 2.45) is 11.8 Å². The Balaban J connectivity index is 1.65. The van der Waals surface area contributed by atoms with E-state index < -0.39 is 10.0 Å². The van der Waals surface area contributed by atoms with E-state index in [0.717, 1.165) is 35.0 Å². The van der Waals surface area contributed by atoms with Gasteiger partial charge >= 0.3 is 0 Å². The second-order valence-electron chi connectivity index (χ2n) is 7.83. The van der Waals surface area contributed by atoms with Gasteiger partial charge in [-0.25, -0.2) is 8.42 Å². The van der Waals surface area contributed by atoms with Crippen molar-refractivity contribution in [2.75, 3.05) is 5.75 Å². The van der Waals surface area contributed by atoms with Crippen LogP contribution >= 0.6 is 15.9 Å². The first kappa shape index (κ1) is 20.7. The molecule has 1 N–H and O–H groups in total. The summed E-state index contributed by atoms with van der Waals surface area (Å²) in [5.74, 6) is 1.17. The molecular formula is C22H30BrNO2S. The van der Waals surface area contributed by atoms with Gasteiger partial charge in [-0.1, -0.05) is 60.0 Å². The molecule has 4 rings (SSSR count). The Labute approximate surface area is 172 Å². The molecule has 1 aromatic rings. The summed E-state index contributed by atoms with van der Waals surface area (Å²) in [7, 11) is -3.31. The molecule has 0 spiro atoms. The largest absolute Gasteiger partial charge is 0.287 e. The molecule has 1 saturated carbocycles. The summed E-state index contributed by atoms with van der Waals surface area (Å²) in [6, 6.07) is 7.86. The van der Waals surface area contributed by atoms with Gasteiger partial charge in [0.05, 0.1) is 5.75 Å². The number of unbranched alkanes of at least 4 members (excludes halogenated alkanes) is 2. The third kappa shape index (κ3) is 5.95. The summed E-state index contributed by atoms with van der Waals surface area (Å²) in [4.78, 5) is 0. The molecule has 1 fully saturated rings. The van der Waals surface area contributed by atoms with Crippen LogP contribution in [0.2, 0.25) is 0 Å². The fourth-order valence-corrected chi connectivity index (χ4v) is 5.85. The van der Waals surface area contributed by atoms with E-state index in [2.05, 4.69) is 39.7 Å². The van der Waals surface area contributed by atoms with Crippen molar-refractivity contribution in [2.45, 2.75) is 58.3 Å². The Morgan fingerprint density at radius 1 is 1.33 bits per heavy atom. The molecule has 2 atom stereocenters. The van der Waals surface area contributed by atoms with Crippen molar-refractivity contribution in [3.8, 4) is 0 Å². The molecule has 3 nitrogen and oxygen atoms in total. The maximum absolute atomic E-state index is 12.7. The molecule has 2 bridgehead atoms. The molecule has 0 heterocycles. The van der Waals surface area contributed by atoms with Gasteiger partial charge in [-0.3, -0.25) is 4.72 Å². The maximum Gasteiger partial charge on any atom is 0.232 e. The molecule has 2 unspecified atom stereocenters. The van der Waals surface area contributed by atoms with Crippen LogP contribution < -0.4 is 4.72 Å². The number of nitrogens with one attached hydrogen (secondary N) is 1. The first-order chi connectivity index (χ1) is 13.0. The standard InChI is InChI=1S/C22H30BrNO2S/c1-2-3-4-5-8-19-14-18-10-11-21(19)22(16-18)24-27(25,26)13-12-17-7-6-9-20(23)15-17/h5-9,15,18-19,24H,2-4,10-14,16H2,1H3. The number of hydrogen-bond acceptors (Lipinski definition) is 2. The second-order valence-corrected chi connectivity index (χ2v) is 10.6. The van der Waals surface area contributed by atoms with Crippen molar-refractivity contribution in [1.82, 2.24) is 4.72 Å². The van der Waals surface area contributed by atoms with Crippen LogP contribution in [0.3, 0.4) is 0 Å². The van der Waals surface area contributed by atoms with E-state index in [9.17, 15) is 8.42 Å². The topological polar surface area (TPSA) is 46.2 Å². The minimum atomic E-state index is -3.31. The maximum atomic E-state index is 12.7. The smallest absolute Gasteiger partial charge is 0.232 e. The van der Waals surface area contributed by atoms with E-state index in [4.69, 9.17) is 0 Å². The molecule has 0 aromatic heterocycles. The number of aryl methyl sites for hydroxylation is 1. The van der Waals surface area contributed by atoms with Gasteiger partial charge in [-0.15, -0.1) is 0 Å². The lowest BCUT2D eigenvalue weighted by Gasteiger charge is -2.38. The number of rotatable bonds is 9. The quantitative estimate of drug-likeness (QED) is 0.384. The van der Waals surface area contributed by atoms with Crippen molar-refractivity contribution >= 4 is 26.0 Å². The first-order valence-electron chi connectivity index (χ1n) is 10.1. The number of fused-ring (bicyclic) bond motifs is 3. The zero-order valence-corrected chi connectivity index (χ0v) is 18.5. The third-order valence-corrected chi connectivity index (χ3v) is 7.45. The van der Waals surface area contributed by atoms with Crippen molar-refractivity contribution in [3.63, 3.8) is 0 Å². The lowest BCUT2D eigenvalue weighted by molar-refractivity contribution is 0.321. The summed E-state index contributed by atoms with van der Waals surface area (Å²) in [6.45, 7) is 2.21. The summed E-state index contributed by atoms with van der Waals surface area (Å²) < 4.78 is 29.3. The van der Waals surface area contributed by atoms with Crippen LogP contribution in [0.25, 0.3) is 0 Å². The van der Waals surface area contributed by atoms with Gasteiger partial charge in [0, 0.05) is 10.2 Å². The summed E-state index contributed by atoms with van der Waals surface area (Å²) in [5.41, 5.74) is 3.35. The fraction of sp³-hybridized carbons (Fsp3) is 0.545. The molecule has 3 aliphatic rings. The average molecular weight is 452 g/mol. The summed E-state index contributed by atoms with van der Waals surface area (Å²) >= 11 is 3.44. The zero-order valence-electron chi connectivity index (χ0n) is 16.1. The van der Waals surface area contributed by atoms with Crippen LogP contribution in [0.5, 0.6) is 0 Å². The van der Waals surface area contributed by atoms with Gasteiger partial charge in [0.1, 0.15) is 0 Å². The third-order valence-electron chi connectivity index (χ3n) is 5.66. The minimum Gasteiger partial charge on any atom is -0.287 e. The van der Waals surface area contributed by atoms with Crippen molar-refractivity contribution in [1.29, 1.82) is 0 Å². The van der Waals surface area contributed by atoms with Crippen LogP contribution in [0, 0.1) is 11.8 Å². The molecule has 5 heteroatoms. The van der Waals surface area contributed by atoms with Crippen molar-refractivity contribution < 1.29 is 8.42 Å². The first-order valence-corrected chi connectivity index (χ1v) is 12.5. The molecule has 0 amide bonds. The Morgan fingerprint density at radius 3 is 2.93 bits per heavy atom. The highest BCUT2D eigenvalue weighted by Gasteiger charge is 2.34. The normalized spacial score (nSPS) is 22.6. The molecule has 148 valence electrons. The SMILES string of the molecule is CCCCC=CC1CC2CCC1=C(NS(=O)(=O)CCc1cccc(Br)c1)C2. The van der Waals surface area contributed by atoms with Gasteiger partial charge in [-0.05, 0) is 73.6 Å². The zero-order chi connectivity index (χ0) is 19.3. The molecule has 27 heavy (non-hydrogen) atoms. The lowest BCUT2D eigenvalue weighted by Crippen LogP contribution is -2.35. The molecule has 0 radical (unpaired) electrons. The highest BCUT2D eigenvalue weighted by atomic mass is 79.9. The van der Waals surface area contributed by atoms with Crippen molar-refractivity contribution in [3.05, 3.63) is 57.7 Å². The fourth-order valence-electron chi connectivity index (χ4n) is 4.21. The molecule has 1 aromatic carbocycles. The van der Waals surface area contributed by atoms with E-state index in [0.29, 0.717) is 18.3 Å². The lowest BCUT2D eigenvalue weighted by atomic mass is 9.69. The number of hydrogen-bond donors (Lipinski definition) is 1. The second kappa shape index (κ2) is 9.42. The predicted molar refractivity (Wildman–Crippen MR) is 116 cm³/mol.